The maximum atomic E-state index is 14.8. The Morgan fingerprint density at radius 3 is 2.32 bits per heavy atom. The first-order chi connectivity index (χ1) is 11.5. The van der Waals surface area contributed by atoms with Crippen LogP contribution in [0.4, 0.5) is 4.39 Å². The van der Waals surface area contributed by atoms with Gasteiger partial charge in [-0.05, 0) is 30.6 Å². The quantitative estimate of drug-likeness (QED) is 0.795. The summed E-state index contributed by atoms with van der Waals surface area (Å²) in [5.41, 5.74) is 1.00. The lowest BCUT2D eigenvalue weighted by Gasteiger charge is -2.46. The molecule has 0 radical (unpaired) electrons. The summed E-state index contributed by atoms with van der Waals surface area (Å²) in [7, 11) is -2.23. The predicted molar refractivity (Wildman–Crippen MR) is 98.5 cm³/mol. The lowest BCUT2D eigenvalue weighted by atomic mass is 10.0. The first-order valence-electron chi connectivity index (χ1n) is 8.84. The van der Waals surface area contributed by atoms with Gasteiger partial charge in [-0.3, -0.25) is 0 Å². The molecule has 1 aromatic carbocycles. The van der Waals surface area contributed by atoms with Gasteiger partial charge in [-0.15, -0.1) is 0 Å². The molecule has 0 unspecified atom stereocenters. The number of hydrogen-bond donors (Lipinski definition) is 1. The van der Waals surface area contributed by atoms with E-state index >= 15 is 0 Å². The van der Waals surface area contributed by atoms with Crippen LogP contribution in [-0.4, -0.2) is 44.2 Å². The average molecular weight is 371 g/mol. The summed E-state index contributed by atoms with van der Waals surface area (Å²) in [4.78, 5) is 0. The molecule has 142 valence electrons. The van der Waals surface area contributed by atoms with Gasteiger partial charge in [0.2, 0.25) is 0 Å². The highest BCUT2D eigenvalue weighted by Crippen LogP contribution is 2.40. The molecule has 1 aromatic rings. The second-order valence-electron chi connectivity index (χ2n) is 8.28. The molecule has 0 saturated carbocycles. The first-order valence-corrected chi connectivity index (χ1v) is 11.7. The molecule has 0 aromatic heterocycles. The molecule has 1 heterocycles. The van der Waals surface area contributed by atoms with Crippen LogP contribution in [0.5, 0.6) is 0 Å². The monoisotopic (exact) mass is 370 g/mol. The molecule has 0 aliphatic carbocycles. The largest absolute Gasteiger partial charge is 0.408 e. The number of halogens is 1. The van der Waals surface area contributed by atoms with Gasteiger partial charge in [0.15, 0.2) is 20.8 Å². The van der Waals surface area contributed by atoms with E-state index in [2.05, 4.69) is 33.9 Å². The van der Waals surface area contributed by atoms with Crippen molar-refractivity contribution in [2.45, 2.75) is 83.2 Å². The molecule has 6 heteroatoms. The Bertz CT molecular complexity index is 546. The molecule has 1 aliphatic rings. The van der Waals surface area contributed by atoms with Gasteiger partial charge < -0.3 is 19.0 Å². The van der Waals surface area contributed by atoms with Crippen molar-refractivity contribution in [1.82, 2.24) is 0 Å². The number of hydrogen-bond acceptors (Lipinski definition) is 4. The van der Waals surface area contributed by atoms with Crippen molar-refractivity contribution in [3.63, 3.8) is 0 Å². The van der Waals surface area contributed by atoms with Gasteiger partial charge in [-0.1, -0.05) is 51.1 Å². The fourth-order valence-corrected chi connectivity index (χ4v) is 3.93. The molecule has 1 saturated heterocycles. The highest BCUT2D eigenvalue weighted by molar-refractivity contribution is 6.74. The van der Waals surface area contributed by atoms with Crippen molar-refractivity contribution in [3.05, 3.63) is 35.9 Å². The highest BCUT2D eigenvalue weighted by atomic mass is 28.4. The highest BCUT2D eigenvalue weighted by Gasteiger charge is 2.50. The van der Waals surface area contributed by atoms with Gasteiger partial charge in [0, 0.05) is 0 Å². The zero-order valence-corrected chi connectivity index (χ0v) is 17.0. The molecule has 0 bridgehead atoms. The van der Waals surface area contributed by atoms with Gasteiger partial charge in [0.1, 0.15) is 12.2 Å². The number of aliphatic hydroxyl groups is 1. The van der Waals surface area contributed by atoms with Crippen LogP contribution in [0.3, 0.4) is 0 Å². The Morgan fingerprint density at radius 2 is 1.76 bits per heavy atom. The second-order valence-corrected chi connectivity index (χ2v) is 13.0. The summed E-state index contributed by atoms with van der Waals surface area (Å²) in [6, 6.07) is 9.72. The van der Waals surface area contributed by atoms with Crippen LogP contribution in [0, 0.1) is 0 Å². The summed E-state index contributed by atoms with van der Waals surface area (Å²) >= 11 is 0. The maximum absolute atomic E-state index is 14.8. The normalized spacial score (nSPS) is 31.1. The molecule has 1 fully saturated rings. The van der Waals surface area contributed by atoms with E-state index in [1.54, 1.807) is 6.92 Å². The Kier molecular flexibility index (Phi) is 6.43. The Labute approximate surface area is 151 Å². The standard InChI is InChI=1S/C19H31FO4Si/c1-13-16(22-12-14-10-8-7-9-11-14)17(15(20)18(21)23-13)24-25(5,6)19(2,3)4/h7-11,13,15-18,21H,12H2,1-6H3/t13-,15+,16+,17-,18+/m0/s1. The van der Waals surface area contributed by atoms with Crippen molar-refractivity contribution < 1.29 is 23.4 Å². The van der Waals surface area contributed by atoms with E-state index in [9.17, 15) is 9.50 Å². The van der Waals surface area contributed by atoms with Gasteiger partial charge in [0.25, 0.3) is 0 Å². The van der Waals surface area contributed by atoms with Crippen LogP contribution in [0.1, 0.15) is 33.3 Å². The Morgan fingerprint density at radius 1 is 1.16 bits per heavy atom. The van der Waals surface area contributed by atoms with Gasteiger partial charge >= 0.3 is 0 Å². The molecule has 25 heavy (non-hydrogen) atoms. The predicted octanol–water partition coefficient (Wildman–Crippen LogP) is 4.04. The van der Waals surface area contributed by atoms with Crippen LogP contribution in [0.2, 0.25) is 18.1 Å². The van der Waals surface area contributed by atoms with Crippen LogP contribution in [0.25, 0.3) is 0 Å². The van der Waals surface area contributed by atoms with Crippen molar-refractivity contribution in [2.75, 3.05) is 0 Å². The van der Waals surface area contributed by atoms with Gasteiger partial charge in [0.05, 0.1) is 12.7 Å². The lowest BCUT2D eigenvalue weighted by Crippen LogP contribution is -2.60. The molecule has 0 spiro atoms. The van der Waals surface area contributed by atoms with E-state index < -0.39 is 39.1 Å². The third-order valence-electron chi connectivity index (χ3n) is 5.25. The number of ether oxygens (including phenoxy) is 2. The third kappa shape index (κ3) is 4.89. The molecule has 4 nitrogen and oxygen atoms in total. The van der Waals surface area contributed by atoms with E-state index in [1.165, 1.54) is 0 Å². The van der Waals surface area contributed by atoms with Crippen molar-refractivity contribution in [1.29, 1.82) is 0 Å². The van der Waals surface area contributed by atoms with E-state index in [-0.39, 0.29) is 5.04 Å². The minimum Gasteiger partial charge on any atom is -0.408 e. The zero-order chi connectivity index (χ0) is 18.8. The summed E-state index contributed by atoms with van der Waals surface area (Å²) < 4.78 is 32.4. The second kappa shape index (κ2) is 7.84. The summed E-state index contributed by atoms with van der Waals surface area (Å²) in [5.74, 6) is 0. The van der Waals surface area contributed by atoms with Crippen molar-refractivity contribution in [3.8, 4) is 0 Å². The fraction of sp³-hybridized carbons (Fsp3) is 0.684. The van der Waals surface area contributed by atoms with Gasteiger partial charge in [-0.2, -0.15) is 0 Å². The third-order valence-corrected chi connectivity index (χ3v) is 9.72. The molecule has 1 aliphatic heterocycles. The van der Waals surface area contributed by atoms with Gasteiger partial charge in [-0.25, -0.2) is 4.39 Å². The summed E-state index contributed by atoms with van der Waals surface area (Å²) in [5, 5.41) is 9.84. The minimum absolute atomic E-state index is 0.0663. The van der Waals surface area contributed by atoms with Crippen molar-refractivity contribution >= 4 is 8.32 Å². The summed E-state index contributed by atoms with van der Waals surface area (Å²) in [6.45, 7) is 12.6. The fourth-order valence-electron chi connectivity index (χ4n) is 2.63. The molecule has 5 atom stereocenters. The Balaban J connectivity index is 2.17. The Hall–Kier alpha value is -0.793. The van der Waals surface area contributed by atoms with Crippen molar-refractivity contribution in [2.24, 2.45) is 0 Å². The lowest BCUT2D eigenvalue weighted by molar-refractivity contribution is -0.268. The first kappa shape index (κ1) is 20.5. The van der Waals surface area contributed by atoms with E-state index in [4.69, 9.17) is 13.9 Å². The van der Waals surface area contributed by atoms with Crippen LogP contribution >= 0.6 is 0 Å². The smallest absolute Gasteiger partial charge is 0.192 e. The average Bonchev–Trinajstić information content (AvgIpc) is 2.51. The summed E-state index contributed by atoms with van der Waals surface area (Å²) in [6.07, 6.45) is -5.00. The molecule has 1 N–H and O–H groups in total. The van der Waals surface area contributed by atoms with Crippen LogP contribution < -0.4 is 0 Å². The SMILES string of the molecule is C[C@@H]1O[C@@H](O)[C@H](F)[C@H](O[Si](C)(C)C(C)(C)C)[C@@H]1OCc1ccccc1. The zero-order valence-electron chi connectivity index (χ0n) is 16.0. The van der Waals surface area contributed by atoms with E-state index in [0.717, 1.165) is 5.56 Å². The van der Waals surface area contributed by atoms with E-state index in [1.807, 2.05) is 30.3 Å². The molecular formula is C19H31FO4Si. The molecule has 0 amide bonds. The molecule has 2 rings (SSSR count). The minimum atomic E-state index is -2.23. The van der Waals surface area contributed by atoms with Crippen LogP contribution in [0.15, 0.2) is 30.3 Å². The van der Waals surface area contributed by atoms with E-state index in [0.29, 0.717) is 6.61 Å². The number of benzene rings is 1. The number of aliphatic hydroxyl groups excluding tert-OH is 1. The number of rotatable bonds is 5. The van der Waals surface area contributed by atoms with Crippen LogP contribution in [-0.2, 0) is 20.5 Å². The molecular weight excluding hydrogens is 339 g/mol. The maximum Gasteiger partial charge on any atom is 0.192 e. The number of alkyl halides is 1. The topological polar surface area (TPSA) is 47.9 Å².